The van der Waals surface area contributed by atoms with Gasteiger partial charge >= 0.3 is 6.09 Å². The van der Waals surface area contributed by atoms with Crippen LogP contribution in [0.1, 0.15) is 18.4 Å². The van der Waals surface area contributed by atoms with E-state index in [2.05, 4.69) is 0 Å². The zero-order valence-electron chi connectivity index (χ0n) is 11.9. The van der Waals surface area contributed by atoms with Crippen molar-refractivity contribution in [1.29, 1.82) is 0 Å². The lowest BCUT2D eigenvalue weighted by atomic mass is 9.91. The van der Waals surface area contributed by atoms with Gasteiger partial charge in [-0.15, -0.1) is 0 Å². The second-order valence-corrected chi connectivity index (χ2v) is 5.01. The van der Waals surface area contributed by atoms with E-state index in [1.807, 2.05) is 30.3 Å². The number of amides is 1. The number of piperidine rings is 1. The number of hydrogen-bond acceptors (Lipinski definition) is 5. The molecule has 0 bridgehead atoms. The third kappa shape index (κ3) is 3.52. The fraction of sp³-hybridized carbons (Fsp3) is 0.467. The van der Waals surface area contributed by atoms with Crippen molar-refractivity contribution in [2.45, 2.75) is 25.0 Å². The van der Waals surface area contributed by atoms with Gasteiger partial charge in [-0.2, -0.15) is 0 Å². The standard InChI is InChI=1S/C15H19NO5/c1-20-15(13(17)18)7-9-16(10-8-15)14(19)21-11-12-5-3-2-4-6-12/h2-6H,7-11H2,1H3,(H,17,18)/p-1. The Bertz CT molecular complexity index is 494. The Morgan fingerprint density at radius 3 is 2.38 bits per heavy atom. The number of carbonyl (C=O) groups is 2. The van der Waals surface area contributed by atoms with E-state index in [0.717, 1.165) is 5.56 Å². The third-order valence-corrected chi connectivity index (χ3v) is 3.80. The topological polar surface area (TPSA) is 78.9 Å². The van der Waals surface area contributed by atoms with Crippen LogP contribution in [0.15, 0.2) is 30.3 Å². The molecule has 1 amide bonds. The summed E-state index contributed by atoms with van der Waals surface area (Å²) in [7, 11) is 1.35. The van der Waals surface area contributed by atoms with Gasteiger partial charge < -0.3 is 24.3 Å². The molecule has 1 aliphatic rings. The van der Waals surface area contributed by atoms with Gasteiger partial charge in [-0.25, -0.2) is 4.79 Å². The second-order valence-electron chi connectivity index (χ2n) is 5.01. The number of methoxy groups -OCH3 is 1. The lowest BCUT2D eigenvalue weighted by molar-refractivity contribution is -0.328. The number of likely N-dealkylation sites (tertiary alicyclic amines) is 1. The Hall–Kier alpha value is -2.08. The number of carbonyl (C=O) groups excluding carboxylic acids is 2. The van der Waals surface area contributed by atoms with Crippen molar-refractivity contribution in [3.05, 3.63) is 35.9 Å². The fourth-order valence-electron chi connectivity index (χ4n) is 2.35. The lowest BCUT2D eigenvalue weighted by Gasteiger charge is -2.40. The molecule has 0 atom stereocenters. The molecule has 6 heteroatoms. The van der Waals surface area contributed by atoms with Gasteiger partial charge in [0.2, 0.25) is 0 Å². The lowest BCUT2D eigenvalue weighted by Crippen LogP contribution is -2.56. The summed E-state index contributed by atoms with van der Waals surface area (Å²) in [6, 6.07) is 9.37. The first-order valence-electron chi connectivity index (χ1n) is 6.79. The Balaban J connectivity index is 1.84. The first kappa shape index (κ1) is 15.3. The van der Waals surface area contributed by atoms with Gasteiger partial charge in [-0.3, -0.25) is 0 Å². The van der Waals surface area contributed by atoms with Crippen LogP contribution in [-0.4, -0.2) is 42.8 Å². The average molecular weight is 292 g/mol. The molecule has 1 aliphatic heterocycles. The highest BCUT2D eigenvalue weighted by Crippen LogP contribution is 2.25. The van der Waals surface area contributed by atoms with Crippen LogP contribution in [0.25, 0.3) is 0 Å². The molecule has 1 fully saturated rings. The van der Waals surface area contributed by atoms with E-state index in [1.165, 1.54) is 12.0 Å². The molecule has 0 N–H and O–H groups in total. The second kappa shape index (κ2) is 6.58. The molecule has 0 aliphatic carbocycles. The molecular weight excluding hydrogens is 274 g/mol. The van der Waals surface area contributed by atoms with E-state index in [0.29, 0.717) is 0 Å². The van der Waals surface area contributed by atoms with E-state index in [4.69, 9.17) is 9.47 Å². The number of rotatable bonds is 4. The maximum absolute atomic E-state index is 11.9. The fourth-order valence-corrected chi connectivity index (χ4v) is 2.35. The Morgan fingerprint density at radius 2 is 1.86 bits per heavy atom. The molecular formula is C15H18NO5-. The molecule has 6 nitrogen and oxygen atoms in total. The maximum atomic E-state index is 11.9. The highest BCUT2D eigenvalue weighted by atomic mass is 16.6. The van der Waals surface area contributed by atoms with Crippen LogP contribution in [0.4, 0.5) is 4.79 Å². The molecule has 21 heavy (non-hydrogen) atoms. The quantitative estimate of drug-likeness (QED) is 0.810. The van der Waals surface area contributed by atoms with Crippen molar-refractivity contribution >= 4 is 12.1 Å². The molecule has 2 rings (SSSR count). The summed E-state index contributed by atoms with van der Waals surface area (Å²) in [5, 5.41) is 11.1. The van der Waals surface area contributed by atoms with Gasteiger partial charge in [-0.05, 0) is 18.4 Å². The number of carboxylic acid groups (broad SMARTS) is 1. The molecule has 0 aromatic heterocycles. The van der Waals surface area contributed by atoms with Gasteiger partial charge in [0.15, 0.2) is 0 Å². The Labute approximate surface area is 123 Å². The minimum absolute atomic E-state index is 0.200. The Morgan fingerprint density at radius 1 is 1.24 bits per heavy atom. The van der Waals surface area contributed by atoms with Crippen molar-refractivity contribution in [1.82, 2.24) is 4.90 Å². The molecule has 114 valence electrons. The number of benzene rings is 1. The van der Waals surface area contributed by atoms with E-state index in [-0.39, 0.29) is 32.5 Å². The third-order valence-electron chi connectivity index (χ3n) is 3.80. The molecule has 1 saturated heterocycles. The number of nitrogens with zero attached hydrogens (tertiary/aromatic N) is 1. The summed E-state index contributed by atoms with van der Waals surface area (Å²) >= 11 is 0. The molecule has 1 aromatic rings. The molecule has 0 saturated carbocycles. The molecule has 0 spiro atoms. The van der Waals surface area contributed by atoms with E-state index < -0.39 is 17.7 Å². The van der Waals surface area contributed by atoms with Gasteiger partial charge in [0.05, 0.1) is 5.97 Å². The Kier molecular flexibility index (Phi) is 4.80. The predicted octanol–water partition coefficient (Wildman–Crippen LogP) is 0.554. The molecule has 0 radical (unpaired) electrons. The van der Waals surface area contributed by atoms with Crippen molar-refractivity contribution in [3.8, 4) is 0 Å². The largest absolute Gasteiger partial charge is 0.547 e. The molecule has 1 heterocycles. The van der Waals surface area contributed by atoms with Crippen LogP contribution in [0.5, 0.6) is 0 Å². The normalized spacial score (nSPS) is 17.3. The number of ether oxygens (including phenoxy) is 2. The zero-order chi connectivity index (χ0) is 15.3. The maximum Gasteiger partial charge on any atom is 0.410 e. The van der Waals surface area contributed by atoms with Crippen molar-refractivity contribution in [3.63, 3.8) is 0 Å². The number of carboxylic acids is 1. The van der Waals surface area contributed by atoms with Crippen molar-refractivity contribution in [2.75, 3.05) is 20.2 Å². The number of aliphatic carboxylic acids is 1. The minimum atomic E-state index is -1.30. The first-order chi connectivity index (χ1) is 10.1. The monoisotopic (exact) mass is 292 g/mol. The van der Waals surface area contributed by atoms with Gasteiger partial charge in [-0.1, -0.05) is 30.3 Å². The van der Waals surface area contributed by atoms with Crippen LogP contribution in [0.2, 0.25) is 0 Å². The highest BCUT2D eigenvalue weighted by molar-refractivity contribution is 5.76. The van der Waals surface area contributed by atoms with Gasteiger partial charge in [0.25, 0.3) is 0 Å². The summed E-state index contributed by atoms with van der Waals surface area (Å²) in [6.45, 7) is 0.747. The zero-order valence-corrected chi connectivity index (χ0v) is 11.9. The summed E-state index contributed by atoms with van der Waals surface area (Å²) in [6.07, 6.45) is -0.0414. The summed E-state index contributed by atoms with van der Waals surface area (Å²) in [5.74, 6) is -1.23. The van der Waals surface area contributed by atoms with Gasteiger partial charge in [0.1, 0.15) is 12.2 Å². The summed E-state index contributed by atoms with van der Waals surface area (Å²) in [5.41, 5.74) is -0.389. The predicted molar refractivity (Wildman–Crippen MR) is 72.2 cm³/mol. The highest BCUT2D eigenvalue weighted by Gasteiger charge is 2.37. The van der Waals surface area contributed by atoms with E-state index in [1.54, 1.807) is 0 Å². The van der Waals surface area contributed by atoms with Gasteiger partial charge in [0, 0.05) is 20.2 Å². The average Bonchev–Trinajstić information content (AvgIpc) is 2.53. The molecule has 1 aromatic carbocycles. The SMILES string of the molecule is COC1(C(=O)[O-])CCN(C(=O)OCc2ccccc2)CC1. The van der Waals surface area contributed by atoms with Crippen LogP contribution >= 0.6 is 0 Å². The summed E-state index contributed by atoms with van der Waals surface area (Å²) < 4.78 is 10.3. The summed E-state index contributed by atoms with van der Waals surface area (Å²) in [4.78, 5) is 24.6. The van der Waals surface area contributed by atoms with Crippen LogP contribution in [0, 0.1) is 0 Å². The van der Waals surface area contributed by atoms with E-state index >= 15 is 0 Å². The van der Waals surface area contributed by atoms with Crippen LogP contribution < -0.4 is 5.11 Å². The first-order valence-corrected chi connectivity index (χ1v) is 6.79. The minimum Gasteiger partial charge on any atom is -0.547 e. The van der Waals surface area contributed by atoms with E-state index in [9.17, 15) is 14.7 Å². The smallest absolute Gasteiger partial charge is 0.410 e. The van der Waals surface area contributed by atoms with Crippen LogP contribution in [0.3, 0.4) is 0 Å². The molecule has 0 unspecified atom stereocenters. The van der Waals surface area contributed by atoms with Crippen molar-refractivity contribution in [2.24, 2.45) is 0 Å². The van der Waals surface area contributed by atoms with Crippen LogP contribution in [-0.2, 0) is 20.9 Å². The number of hydrogen-bond donors (Lipinski definition) is 0. The van der Waals surface area contributed by atoms with Crippen molar-refractivity contribution < 1.29 is 24.2 Å².